The highest BCUT2D eigenvalue weighted by molar-refractivity contribution is 5.95. The summed E-state index contributed by atoms with van der Waals surface area (Å²) in [5.74, 6) is 1.10. The number of carbonyl (C=O) groups excluding carboxylic acids is 2. The van der Waals surface area contributed by atoms with Gasteiger partial charge in [-0.3, -0.25) is 14.5 Å². The first-order valence-electron chi connectivity index (χ1n) is 11.3. The van der Waals surface area contributed by atoms with Crippen molar-refractivity contribution >= 4 is 17.5 Å². The number of nitrogens with zero attached hydrogens (tertiary/aromatic N) is 4. The predicted molar refractivity (Wildman–Crippen MR) is 122 cm³/mol. The predicted octanol–water partition coefficient (Wildman–Crippen LogP) is 2.65. The van der Waals surface area contributed by atoms with E-state index in [1.165, 1.54) is 0 Å². The summed E-state index contributed by atoms with van der Waals surface area (Å²) in [7, 11) is 0. The number of hydrogen-bond donors (Lipinski definition) is 1. The Balaban J connectivity index is 1.48. The van der Waals surface area contributed by atoms with Gasteiger partial charge in [-0.25, -0.2) is 9.97 Å². The number of ether oxygens (including phenoxy) is 1. The molecule has 2 aliphatic rings. The Morgan fingerprint density at radius 3 is 2.41 bits per heavy atom. The van der Waals surface area contributed by atoms with E-state index in [0.717, 1.165) is 79.5 Å². The maximum atomic E-state index is 12.3. The van der Waals surface area contributed by atoms with E-state index in [-0.39, 0.29) is 17.7 Å². The molecule has 2 amide bonds. The first-order valence-corrected chi connectivity index (χ1v) is 11.3. The number of aromatic nitrogens is 2. The second kappa shape index (κ2) is 9.65. The van der Waals surface area contributed by atoms with E-state index < -0.39 is 0 Å². The highest BCUT2D eigenvalue weighted by atomic mass is 16.5. The van der Waals surface area contributed by atoms with Crippen LogP contribution in [0.4, 0.5) is 5.69 Å². The maximum absolute atomic E-state index is 12.3. The molecule has 0 spiro atoms. The van der Waals surface area contributed by atoms with Gasteiger partial charge in [-0.2, -0.15) is 0 Å². The molecule has 170 valence electrons. The standard InChI is InChI=1S/C24H31N5O3/c1-16-23(17(2)26-15-25-16)21-14-20(27-24(31)19-4-5-19)6-7-22(21)32-13-12-28-8-10-29(11-9-28)18(3)30/h6-7,14-15,19H,4-5,8-13H2,1-3H3,(H,27,31). The van der Waals surface area contributed by atoms with Crippen LogP contribution in [0, 0.1) is 19.8 Å². The third-order valence-electron chi connectivity index (χ3n) is 6.17. The van der Waals surface area contributed by atoms with Gasteiger partial charge in [-0.15, -0.1) is 0 Å². The fraction of sp³-hybridized carbons (Fsp3) is 0.500. The summed E-state index contributed by atoms with van der Waals surface area (Å²) in [5, 5.41) is 3.03. The molecule has 1 N–H and O–H groups in total. The van der Waals surface area contributed by atoms with Gasteiger partial charge < -0.3 is 15.0 Å². The SMILES string of the molecule is CC(=O)N1CCN(CCOc2ccc(NC(=O)C3CC3)cc2-c2c(C)ncnc2C)CC1. The first kappa shape index (κ1) is 22.2. The van der Waals surface area contributed by atoms with Crippen LogP contribution in [0.2, 0.25) is 0 Å². The van der Waals surface area contributed by atoms with Gasteiger partial charge in [0.05, 0.1) is 0 Å². The lowest BCUT2D eigenvalue weighted by Gasteiger charge is -2.34. The lowest BCUT2D eigenvalue weighted by molar-refractivity contribution is -0.130. The minimum Gasteiger partial charge on any atom is -0.492 e. The number of piperazine rings is 1. The zero-order chi connectivity index (χ0) is 22.7. The summed E-state index contributed by atoms with van der Waals surface area (Å²) in [6.07, 6.45) is 3.49. The Morgan fingerprint density at radius 2 is 1.78 bits per heavy atom. The molecule has 0 unspecified atom stereocenters. The van der Waals surface area contributed by atoms with Crippen molar-refractivity contribution in [3.8, 4) is 16.9 Å². The second-order valence-electron chi connectivity index (χ2n) is 8.59. The molecule has 1 aromatic heterocycles. The number of nitrogens with one attached hydrogen (secondary N) is 1. The summed E-state index contributed by atoms with van der Waals surface area (Å²) in [5.41, 5.74) is 4.31. The molecule has 32 heavy (non-hydrogen) atoms. The third kappa shape index (κ3) is 5.24. The Hall–Kier alpha value is -3.00. The lowest BCUT2D eigenvalue weighted by Crippen LogP contribution is -2.48. The Bertz CT molecular complexity index is 977. The molecule has 2 heterocycles. The van der Waals surface area contributed by atoms with E-state index in [0.29, 0.717) is 6.61 Å². The zero-order valence-electron chi connectivity index (χ0n) is 19.1. The van der Waals surface area contributed by atoms with Gasteiger partial charge in [0.15, 0.2) is 0 Å². The highest BCUT2D eigenvalue weighted by Gasteiger charge is 2.29. The van der Waals surface area contributed by atoms with Crippen molar-refractivity contribution in [3.05, 3.63) is 35.9 Å². The van der Waals surface area contributed by atoms with Gasteiger partial charge in [-0.1, -0.05) is 0 Å². The topological polar surface area (TPSA) is 87.7 Å². The second-order valence-corrected chi connectivity index (χ2v) is 8.59. The fourth-order valence-electron chi connectivity index (χ4n) is 4.07. The normalized spacial score (nSPS) is 16.7. The number of carbonyl (C=O) groups is 2. The molecule has 0 atom stereocenters. The zero-order valence-corrected chi connectivity index (χ0v) is 19.1. The molecule has 1 saturated carbocycles. The van der Waals surface area contributed by atoms with Crippen LogP contribution in [-0.2, 0) is 9.59 Å². The molecular formula is C24H31N5O3. The number of anilines is 1. The quantitative estimate of drug-likeness (QED) is 0.717. The molecule has 1 aliphatic carbocycles. The summed E-state index contributed by atoms with van der Waals surface area (Å²) in [4.78, 5) is 36.7. The van der Waals surface area contributed by atoms with Crippen LogP contribution in [0.1, 0.15) is 31.2 Å². The minimum absolute atomic E-state index is 0.0760. The molecule has 0 radical (unpaired) electrons. The summed E-state index contributed by atoms with van der Waals surface area (Å²) in [6.45, 7) is 10.1. The summed E-state index contributed by atoms with van der Waals surface area (Å²) in [6, 6.07) is 5.76. The van der Waals surface area contributed by atoms with E-state index in [4.69, 9.17) is 4.74 Å². The molecule has 4 rings (SSSR count). The number of aryl methyl sites for hydroxylation is 2. The van der Waals surface area contributed by atoms with Crippen LogP contribution in [0.5, 0.6) is 5.75 Å². The van der Waals surface area contributed by atoms with Crippen LogP contribution in [-0.4, -0.2) is 70.9 Å². The van der Waals surface area contributed by atoms with Crippen molar-refractivity contribution in [2.75, 3.05) is 44.6 Å². The monoisotopic (exact) mass is 437 g/mol. The van der Waals surface area contributed by atoms with Gasteiger partial charge in [-0.05, 0) is 44.9 Å². The minimum atomic E-state index is 0.0760. The van der Waals surface area contributed by atoms with Crippen molar-refractivity contribution < 1.29 is 14.3 Å². The van der Waals surface area contributed by atoms with E-state index in [9.17, 15) is 9.59 Å². The Labute approximate surface area is 189 Å². The lowest BCUT2D eigenvalue weighted by atomic mass is 10.0. The molecule has 1 aromatic carbocycles. The van der Waals surface area contributed by atoms with Gasteiger partial charge >= 0.3 is 0 Å². The van der Waals surface area contributed by atoms with Gasteiger partial charge in [0.1, 0.15) is 18.7 Å². The fourth-order valence-corrected chi connectivity index (χ4v) is 4.07. The van der Waals surface area contributed by atoms with Crippen LogP contribution in [0.15, 0.2) is 24.5 Å². The number of rotatable bonds is 7. The van der Waals surface area contributed by atoms with Crippen LogP contribution >= 0.6 is 0 Å². The van der Waals surface area contributed by atoms with E-state index in [2.05, 4.69) is 20.2 Å². The average molecular weight is 438 g/mol. The van der Waals surface area contributed by atoms with E-state index in [1.54, 1.807) is 13.3 Å². The molecule has 1 aliphatic heterocycles. The summed E-state index contributed by atoms with van der Waals surface area (Å²) < 4.78 is 6.21. The van der Waals surface area contributed by atoms with Gasteiger partial charge in [0.2, 0.25) is 11.8 Å². The third-order valence-corrected chi connectivity index (χ3v) is 6.17. The van der Waals surface area contributed by atoms with E-state index in [1.807, 2.05) is 36.9 Å². The van der Waals surface area contributed by atoms with Crippen molar-refractivity contribution in [1.29, 1.82) is 0 Å². The smallest absolute Gasteiger partial charge is 0.227 e. The van der Waals surface area contributed by atoms with Gasteiger partial charge in [0.25, 0.3) is 0 Å². The van der Waals surface area contributed by atoms with Crippen molar-refractivity contribution in [2.24, 2.45) is 5.92 Å². The molecule has 0 bridgehead atoms. The molecule has 2 fully saturated rings. The Morgan fingerprint density at radius 1 is 1.09 bits per heavy atom. The molecule has 8 heteroatoms. The molecular weight excluding hydrogens is 406 g/mol. The first-order chi connectivity index (χ1) is 15.4. The highest BCUT2D eigenvalue weighted by Crippen LogP contribution is 2.36. The average Bonchev–Trinajstić information content (AvgIpc) is 3.61. The van der Waals surface area contributed by atoms with Crippen LogP contribution < -0.4 is 10.1 Å². The summed E-state index contributed by atoms with van der Waals surface area (Å²) >= 11 is 0. The van der Waals surface area contributed by atoms with Crippen molar-refractivity contribution in [2.45, 2.75) is 33.6 Å². The maximum Gasteiger partial charge on any atom is 0.227 e. The van der Waals surface area contributed by atoms with Crippen molar-refractivity contribution in [3.63, 3.8) is 0 Å². The molecule has 2 aromatic rings. The molecule has 1 saturated heterocycles. The van der Waals surface area contributed by atoms with Crippen LogP contribution in [0.25, 0.3) is 11.1 Å². The Kier molecular flexibility index (Phi) is 6.69. The van der Waals surface area contributed by atoms with E-state index >= 15 is 0 Å². The number of benzene rings is 1. The number of amides is 2. The van der Waals surface area contributed by atoms with Crippen LogP contribution in [0.3, 0.4) is 0 Å². The van der Waals surface area contributed by atoms with Gasteiger partial charge in [0, 0.05) is 73.8 Å². The number of hydrogen-bond acceptors (Lipinski definition) is 6. The largest absolute Gasteiger partial charge is 0.492 e. The van der Waals surface area contributed by atoms with Crippen molar-refractivity contribution in [1.82, 2.24) is 19.8 Å². The molecule has 8 nitrogen and oxygen atoms in total.